The van der Waals surface area contributed by atoms with E-state index in [0.717, 1.165) is 43.1 Å². The highest BCUT2D eigenvalue weighted by Gasteiger charge is 2.61. The van der Waals surface area contributed by atoms with Crippen LogP contribution in [0.15, 0.2) is 95.9 Å². The molecule has 7 rings (SSSR count). The molecule has 4 atom stereocenters. The lowest BCUT2D eigenvalue weighted by atomic mass is 10.1. The smallest absolute Gasteiger partial charge is 0.264 e. The van der Waals surface area contributed by atoms with E-state index in [-0.39, 0.29) is 30.2 Å². The SMILES string of the molecule is COc1ccc2c(O[C@@H]3C[C@@H](C(=O)N[C@]45C[C@@H]4/C=C/CCCCCCOc4cccc(c4)S(=O)(=O)NC5=O)N(C(C)=O)C3)cc(-c3ccccc3)nc2c1. The van der Waals surface area contributed by atoms with Gasteiger partial charge in [-0.1, -0.05) is 61.4 Å². The van der Waals surface area contributed by atoms with Crippen molar-refractivity contribution in [3.63, 3.8) is 0 Å². The predicted octanol–water partition coefficient (Wildman–Crippen LogP) is 5.56. The third-order valence-electron chi connectivity index (χ3n) is 10.3. The van der Waals surface area contributed by atoms with Crippen LogP contribution >= 0.6 is 0 Å². The summed E-state index contributed by atoms with van der Waals surface area (Å²) >= 11 is 0. The van der Waals surface area contributed by atoms with Crippen LogP contribution in [0.4, 0.5) is 0 Å². The first-order valence-corrected chi connectivity index (χ1v) is 19.8. The van der Waals surface area contributed by atoms with Gasteiger partial charge in [0.15, 0.2) is 0 Å². The molecule has 2 bridgehead atoms. The number of allylic oxidation sites excluding steroid dienone is 1. The molecule has 282 valence electrons. The zero-order chi connectivity index (χ0) is 37.9. The molecule has 4 aromatic rings. The van der Waals surface area contributed by atoms with Gasteiger partial charge in [-0.2, -0.15) is 0 Å². The van der Waals surface area contributed by atoms with Crippen LogP contribution in [0.5, 0.6) is 17.2 Å². The molecule has 2 aliphatic heterocycles. The van der Waals surface area contributed by atoms with Gasteiger partial charge in [-0.15, -0.1) is 0 Å². The molecular weight excluding hydrogens is 709 g/mol. The zero-order valence-corrected chi connectivity index (χ0v) is 31.1. The molecule has 1 saturated heterocycles. The van der Waals surface area contributed by atoms with E-state index in [1.807, 2.05) is 66.7 Å². The highest BCUT2D eigenvalue weighted by molar-refractivity contribution is 7.90. The number of likely N-dealkylation sites (tertiary alicyclic amines) is 1. The van der Waals surface area contributed by atoms with Gasteiger partial charge >= 0.3 is 0 Å². The molecule has 3 aliphatic rings. The molecule has 3 heterocycles. The monoisotopic (exact) mass is 752 g/mol. The number of nitrogens with zero attached hydrogens (tertiary/aromatic N) is 2. The molecule has 3 amide bonds. The number of nitrogens with one attached hydrogen (secondary N) is 2. The number of rotatable bonds is 6. The van der Waals surface area contributed by atoms with E-state index in [2.05, 4.69) is 10.0 Å². The van der Waals surface area contributed by atoms with Gasteiger partial charge in [0.1, 0.15) is 34.9 Å². The molecule has 0 radical (unpaired) electrons. The van der Waals surface area contributed by atoms with Gasteiger partial charge in [0, 0.05) is 48.4 Å². The van der Waals surface area contributed by atoms with Crippen LogP contribution in [0.25, 0.3) is 22.2 Å². The standard InChI is InChI=1S/C41H44N4O8S/c1-27(46)45-26-32(53-38-24-35(28-13-8-7-9-14-28)42-36-22-30(51-2)18-19-34(36)38)23-37(45)39(47)43-41-25-29(41)15-10-5-3-4-6-11-20-52-31-16-12-17-33(21-31)54(49,50)44-40(41)48/h7-10,12-19,21-22,24,29,32,37H,3-6,11,20,23,25-26H2,1-2H3,(H,43,47)(H,44,48)/b15-10+/t29-,32+,37-,41+/m0/s1. The molecule has 13 heteroatoms. The van der Waals surface area contributed by atoms with Gasteiger partial charge < -0.3 is 24.4 Å². The van der Waals surface area contributed by atoms with Crippen LogP contribution in [0.2, 0.25) is 0 Å². The summed E-state index contributed by atoms with van der Waals surface area (Å²) in [7, 11) is -2.72. The summed E-state index contributed by atoms with van der Waals surface area (Å²) in [5.41, 5.74) is 0.711. The van der Waals surface area contributed by atoms with Gasteiger partial charge in [-0.25, -0.2) is 18.1 Å². The van der Waals surface area contributed by atoms with Crippen molar-refractivity contribution < 1.29 is 37.0 Å². The minimum Gasteiger partial charge on any atom is -0.497 e. The Morgan fingerprint density at radius 3 is 2.61 bits per heavy atom. The number of benzene rings is 3. The molecule has 3 aromatic carbocycles. The van der Waals surface area contributed by atoms with Gasteiger partial charge in [0.2, 0.25) is 11.8 Å². The number of methoxy groups -OCH3 is 1. The summed E-state index contributed by atoms with van der Waals surface area (Å²) in [6, 6.07) is 22.1. The maximum absolute atomic E-state index is 14.2. The molecule has 12 nitrogen and oxygen atoms in total. The van der Waals surface area contributed by atoms with Crippen LogP contribution in [-0.2, 0) is 24.4 Å². The fourth-order valence-electron chi connectivity index (χ4n) is 7.27. The molecule has 0 spiro atoms. The molecule has 1 aliphatic carbocycles. The van der Waals surface area contributed by atoms with Gasteiger partial charge in [0.05, 0.1) is 36.4 Å². The molecule has 2 N–H and O–H groups in total. The topological polar surface area (TPSA) is 153 Å². The van der Waals surface area contributed by atoms with Crippen molar-refractivity contribution in [3.8, 4) is 28.5 Å². The lowest BCUT2D eigenvalue weighted by molar-refractivity contribution is -0.138. The van der Waals surface area contributed by atoms with E-state index in [4.69, 9.17) is 19.2 Å². The highest BCUT2D eigenvalue weighted by Crippen LogP contribution is 2.46. The first-order chi connectivity index (χ1) is 26.1. The molecule has 54 heavy (non-hydrogen) atoms. The van der Waals surface area contributed by atoms with E-state index in [1.165, 1.54) is 24.0 Å². The van der Waals surface area contributed by atoms with E-state index in [1.54, 1.807) is 19.2 Å². The number of hydrogen-bond donors (Lipinski definition) is 2. The number of carbonyl (C=O) groups is 3. The van der Waals surface area contributed by atoms with Gasteiger partial charge in [0.25, 0.3) is 15.9 Å². The Balaban J connectivity index is 1.14. The lowest BCUT2D eigenvalue weighted by Gasteiger charge is -2.25. The molecular formula is C41H44N4O8S. The normalized spacial score (nSPS) is 24.6. The number of aromatic nitrogens is 1. The fourth-order valence-corrected chi connectivity index (χ4v) is 8.35. The van der Waals surface area contributed by atoms with Crippen molar-refractivity contribution in [1.29, 1.82) is 0 Å². The Hall–Kier alpha value is -5.43. The number of hydrogen-bond acceptors (Lipinski definition) is 9. The maximum atomic E-state index is 14.2. The minimum atomic E-state index is -4.31. The average molecular weight is 753 g/mol. The molecule has 1 saturated carbocycles. The van der Waals surface area contributed by atoms with Crippen molar-refractivity contribution in [2.45, 2.75) is 74.4 Å². The number of pyridine rings is 1. The summed E-state index contributed by atoms with van der Waals surface area (Å²) in [6.07, 6.45) is 8.18. The second-order valence-electron chi connectivity index (χ2n) is 14.1. The fraction of sp³-hybridized carbons (Fsp3) is 0.366. The van der Waals surface area contributed by atoms with Crippen LogP contribution in [0, 0.1) is 5.92 Å². The first kappa shape index (κ1) is 36.9. The van der Waals surface area contributed by atoms with Crippen molar-refractivity contribution in [2.75, 3.05) is 20.3 Å². The van der Waals surface area contributed by atoms with Crippen molar-refractivity contribution in [3.05, 3.63) is 91.0 Å². The van der Waals surface area contributed by atoms with E-state index in [9.17, 15) is 22.8 Å². The molecule has 0 unspecified atom stereocenters. The lowest BCUT2D eigenvalue weighted by Crippen LogP contribution is -2.56. The molecule has 2 fully saturated rings. The highest BCUT2D eigenvalue weighted by atomic mass is 32.2. The third kappa shape index (κ3) is 7.91. The van der Waals surface area contributed by atoms with Crippen molar-refractivity contribution >= 4 is 38.6 Å². The average Bonchev–Trinajstić information content (AvgIpc) is 3.69. The van der Waals surface area contributed by atoms with Crippen LogP contribution < -0.4 is 24.2 Å². The van der Waals surface area contributed by atoms with E-state index in [0.29, 0.717) is 35.1 Å². The minimum absolute atomic E-state index is 0.122. The van der Waals surface area contributed by atoms with E-state index >= 15 is 0 Å². The van der Waals surface area contributed by atoms with Crippen molar-refractivity contribution in [2.24, 2.45) is 5.92 Å². The number of sulfonamides is 1. The Labute approximate surface area is 314 Å². The summed E-state index contributed by atoms with van der Waals surface area (Å²) in [4.78, 5) is 47.3. The quantitative estimate of drug-likeness (QED) is 0.241. The molecule has 1 aromatic heterocycles. The zero-order valence-electron chi connectivity index (χ0n) is 30.3. The number of carbonyl (C=O) groups excluding carboxylic acids is 3. The van der Waals surface area contributed by atoms with Crippen LogP contribution in [0.3, 0.4) is 0 Å². The Kier molecular flexibility index (Phi) is 10.6. The van der Waals surface area contributed by atoms with Crippen LogP contribution in [-0.4, -0.2) is 74.0 Å². The second-order valence-corrected chi connectivity index (χ2v) is 15.8. The first-order valence-electron chi connectivity index (χ1n) is 18.3. The van der Waals surface area contributed by atoms with Gasteiger partial charge in [-0.3, -0.25) is 14.4 Å². The van der Waals surface area contributed by atoms with E-state index < -0.39 is 45.4 Å². The maximum Gasteiger partial charge on any atom is 0.264 e. The largest absolute Gasteiger partial charge is 0.497 e. The number of fused-ring (bicyclic) bond motifs is 4. The Bertz CT molecular complexity index is 2190. The van der Waals surface area contributed by atoms with Crippen LogP contribution in [0.1, 0.15) is 51.9 Å². The summed E-state index contributed by atoms with van der Waals surface area (Å²) in [5, 5.41) is 3.63. The summed E-state index contributed by atoms with van der Waals surface area (Å²) < 4.78 is 47.0. The third-order valence-corrected chi connectivity index (χ3v) is 11.7. The Morgan fingerprint density at radius 2 is 1.81 bits per heavy atom. The Morgan fingerprint density at radius 1 is 1.00 bits per heavy atom. The number of amides is 3. The summed E-state index contributed by atoms with van der Waals surface area (Å²) in [6.45, 7) is 1.97. The predicted molar refractivity (Wildman–Crippen MR) is 202 cm³/mol. The second kappa shape index (κ2) is 15.5. The van der Waals surface area contributed by atoms with Crippen molar-refractivity contribution in [1.82, 2.24) is 19.9 Å². The number of ether oxygens (including phenoxy) is 3. The van der Waals surface area contributed by atoms with Gasteiger partial charge in [-0.05, 0) is 49.9 Å². The summed E-state index contributed by atoms with van der Waals surface area (Å²) in [5.74, 6) is -0.598.